The minimum absolute atomic E-state index is 0.00728. The average Bonchev–Trinajstić information content (AvgIpc) is 2.15. The Balaban J connectivity index is 2.89. The predicted octanol–water partition coefficient (Wildman–Crippen LogP) is 1.70. The quantitative estimate of drug-likeness (QED) is 0.801. The highest BCUT2D eigenvalue weighted by Crippen LogP contribution is 2.22. The Labute approximate surface area is 81.7 Å². The molecule has 0 saturated carbocycles. The van der Waals surface area contributed by atoms with E-state index in [2.05, 4.69) is 0 Å². The SMILES string of the molecule is N#CCOc1cc(Cl)ccc1CN. The molecule has 1 aromatic rings. The largest absolute Gasteiger partial charge is 0.478 e. The van der Waals surface area contributed by atoms with E-state index in [0.29, 0.717) is 17.3 Å². The van der Waals surface area contributed by atoms with Crippen LogP contribution < -0.4 is 10.5 Å². The molecule has 68 valence electrons. The van der Waals surface area contributed by atoms with Crippen LogP contribution in [-0.4, -0.2) is 6.61 Å². The van der Waals surface area contributed by atoms with Crippen LogP contribution in [-0.2, 0) is 6.54 Å². The fourth-order valence-corrected chi connectivity index (χ4v) is 1.10. The van der Waals surface area contributed by atoms with Crippen LogP contribution in [0.5, 0.6) is 5.75 Å². The zero-order valence-corrected chi connectivity index (χ0v) is 7.71. The Morgan fingerprint density at radius 1 is 1.54 bits per heavy atom. The van der Waals surface area contributed by atoms with Gasteiger partial charge in [-0.25, -0.2) is 0 Å². The molecule has 0 saturated heterocycles. The zero-order valence-electron chi connectivity index (χ0n) is 6.96. The number of nitrogens with two attached hydrogens (primary N) is 1. The van der Waals surface area contributed by atoms with Crippen LogP contribution in [0.1, 0.15) is 5.56 Å². The van der Waals surface area contributed by atoms with Crippen LogP contribution >= 0.6 is 11.6 Å². The molecule has 0 aliphatic heterocycles. The first-order chi connectivity index (χ1) is 6.27. The lowest BCUT2D eigenvalue weighted by Crippen LogP contribution is -2.02. The summed E-state index contributed by atoms with van der Waals surface area (Å²) in [6, 6.07) is 7.06. The Morgan fingerprint density at radius 3 is 2.92 bits per heavy atom. The Hall–Kier alpha value is -1.24. The van der Waals surface area contributed by atoms with E-state index in [1.165, 1.54) is 0 Å². The molecule has 13 heavy (non-hydrogen) atoms. The molecule has 1 aromatic carbocycles. The van der Waals surface area contributed by atoms with Crippen molar-refractivity contribution in [2.45, 2.75) is 6.54 Å². The average molecular weight is 197 g/mol. The fraction of sp³-hybridized carbons (Fsp3) is 0.222. The van der Waals surface area contributed by atoms with E-state index in [1.807, 2.05) is 6.07 Å². The number of hydrogen-bond donors (Lipinski definition) is 1. The van der Waals surface area contributed by atoms with Gasteiger partial charge in [-0.15, -0.1) is 0 Å². The molecule has 1 rings (SSSR count). The molecule has 0 bridgehead atoms. The van der Waals surface area contributed by atoms with Gasteiger partial charge in [0.25, 0.3) is 0 Å². The van der Waals surface area contributed by atoms with E-state index in [1.54, 1.807) is 18.2 Å². The minimum atomic E-state index is 0.00728. The van der Waals surface area contributed by atoms with Gasteiger partial charge < -0.3 is 10.5 Å². The second kappa shape index (κ2) is 4.70. The molecule has 2 N–H and O–H groups in total. The van der Waals surface area contributed by atoms with Gasteiger partial charge in [0.1, 0.15) is 11.8 Å². The van der Waals surface area contributed by atoms with Gasteiger partial charge in [0.2, 0.25) is 0 Å². The molecular weight excluding hydrogens is 188 g/mol. The van der Waals surface area contributed by atoms with Gasteiger partial charge in [0, 0.05) is 17.1 Å². The normalized spacial score (nSPS) is 9.31. The third kappa shape index (κ3) is 2.62. The summed E-state index contributed by atoms with van der Waals surface area (Å²) >= 11 is 5.75. The van der Waals surface area contributed by atoms with Gasteiger partial charge in [0.15, 0.2) is 6.61 Å². The highest BCUT2D eigenvalue weighted by atomic mass is 35.5. The summed E-state index contributed by atoms with van der Waals surface area (Å²) < 4.78 is 5.13. The van der Waals surface area contributed by atoms with Crippen molar-refractivity contribution in [2.24, 2.45) is 5.73 Å². The van der Waals surface area contributed by atoms with Crippen LogP contribution in [0.25, 0.3) is 0 Å². The van der Waals surface area contributed by atoms with Crippen LogP contribution in [0.3, 0.4) is 0 Å². The Morgan fingerprint density at radius 2 is 2.31 bits per heavy atom. The molecule has 0 atom stereocenters. The lowest BCUT2D eigenvalue weighted by Gasteiger charge is -2.07. The first-order valence-electron chi connectivity index (χ1n) is 3.76. The number of rotatable bonds is 3. The minimum Gasteiger partial charge on any atom is -0.478 e. The van der Waals surface area contributed by atoms with Crippen molar-refractivity contribution in [1.82, 2.24) is 0 Å². The summed E-state index contributed by atoms with van der Waals surface area (Å²) in [5.41, 5.74) is 6.31. The first kappa shape index (κ1) is 9.85. The molecule has 0 aromatic heterocycles. The van der Waals surface area contributed by atoms with Crippen molar-refractivity contribution < 1.29 is 4.74 Å². The Bertz CT molecular complexity index is 333. The number of nitrogens with zero attached hydrogens (tertiary/aromatic N) is 1. The summed E-state index contributed by atoms with van der Waals surface area (Å²) in [6.45, 7) is 0.380. The molecule has 0 fully saturated rings. The molecule has 0 amide bonds. The smallest absolute Gasteiger partial charge is 0.174 e. The third-order valence-electron chi connectivity index (χ3n) is 1.54. The number of benzene rings is 1. The van der Waals surface area contributed by atoms with Gasteiger partial charge in [-0.05, 0) is 12.1 Å². The van der Waals surface area contributed by atoms with E-state index in [0.717, 1.165) is 5.56 Å². The molecule has 0 heterocycles. The van der Waals surface area contributed by atoms with E-state index >= 15 is 0 Å². The molecule has 0 aliphatic carbocycles. The van der Waals surface area contributed by atoms with Crippen LogP contribution in [0.2, 0.25) is 5.02 Å². The molecule has 0 unspecified atom stereocenters. The summed E-state index contributed by atoms with van der Waals surface area (Å²) in [6.07, 6.45) is 0. The second-order valence-electron chi connectivity index (χ2n) is 2.40. The van der Waals surface area contributed by atoms with Crippen molar-refractivity contribution in [3.05, 3.63) is 28.8 Å². The summed E-state index contributed by atoms with van der Waals surface area (Å²) in [4.78, 5) is 0. The topological polar surface area (TPSA) is 59.0 Å². The van der Waals surface area contributed by atoms with E-state index in [4.69, 9.17) is 27.3 Å². The molecule has 4 heteroatoms. The zero-order chi connectivity index (χ0) is 9.68. The Kier molecular flexibility index (Phi) is 3.56. The van der Waals surface area contributed by atoms with Crippen molar-refractivity contribution in [1.29, 1.82) is 5.26 Å². The maximum absolute atomic E-state index is 8.32. The maximum Gasteiger partial charge on any atom is 0.174 e. The van der Waals surface area contributed by atoms with Gasteiger partial charge in [-0.2, -0.15) is 5.26 Å². The van der Waals surface area contributed by atoms with Crippen LogP contribution in [0.4, 0.5) is 0 Å². The number of ether oxygens (including phenoxy) is 1. The van der Waals surface area contributed by atoms with E-state index < -0.39 is 0 Å². The van der Waals surface area contributed by atoms with Gasteiger partial charge in [-0.3, -0.25) is 0 Å². The highest BCUT2D eigenvalue weighted by Gasteiger charge is 2.02. The first-order valence-corrected chi connectivity index (χ1v) is 4.14. The van der Waals surface area contributed by atoms with Gasteiger partial charge >= 0.3 is 0 Å². The summed E-state index contributed by atoms with van der Waals surface area (Å²) in [5.74, 6) is 0.580. The number of nitriles is 1. The van der Waals surface area contributed by atoms with E-state index in [9.17, 15) is 0 Å². The summed E-state index contributed by atoms with van der Waals surface area (Å²) in [7, 11) is 0. The second-order valence-corrected chi connectivity index (χ2v) is 2.84. The van der Waals surface area contributed by atoms with Crippen molar-refractivity contribution >= 4 is 11.6 Å². The molecule has 3 nitrogen and oxygen atoms in total. The molecule has 0 spiro atoms. The van der Waals surface area contributed by atoms with Crippen LogP contribution in [0, 0.1) is 11.3 Å². The fourth-order valence-electron chi connectivity index (χ4n) is 0.941. The maximum atomic E-state index is 8.32. The van der Waals surface area contributed by atoms with Gasteiger partial charge in [-0.1, -0.05) is 17.7 Å². The predicted molar refractivity (Wildman–Crippen MR) is 50.5 cm³/mol. The number of hydrogen-bond acceptors (Lipinski definition) is 3. The lowest BCUT2D eigenvalue weighted by molar-refractivity contribution is 0.364. The van der Waals surface area contributed by atoms with Crippen molar-refractivity contribution in [3.63, 3.8) is 0 Å². The molecule has 0 radical (unpaired) electrons. The lowest BCUT2D eigenvalue weighted by atomic mass is 10.2. The molecule has 0 aliphatic rings. The van der Waals surface area contributed by atoms with Crippen LogP contribution in [0.15, 0.2) is 18.2 Å². The monoisotopic (exact) mass is 196 g/mol. The van der Waals surface area contributed by atoms with E-state index in [-0.39, 0.29) is 6.61 Å². The standard InChI is InChI=1S/C9H9ClN2O/c10-8-2-1-7(6-12)9(5-8)13-4-3-11/h1-2,5H,4,6,12H2. The number of halogens is 1. The van der Waals surface area contributed by atoms with Crippen molar-refractivity contribution in [2.75, 3.05) is 6.61 Å². The highest BCUT2D eigenvalue weighted by molar-refractivity contribution is 6.30. The van der Waals surface area contributed by atoms with Gasteiger partial charge in [0.05, 0.1) is 0 Å². The van der Waals surface area contributed by atoms with Crippen molar-refractivity contribution in [3.8, 4) is 11.8 Å². The molecular formula is C9H9ClN2O. The third-order valence-corrected chi connectivity index (χ3v) is 1.78. The summed E-state index contributed by atoms with van der Waals surface area (Å²) in [5, 5.41) is 8.90.